The van der Waals surface area contributed by atoms with Crippen LogP contribution in [0.4, 0.5) is 0 Å². The molecule has 0 saturated carbocycles. The summed E-state index contributed by atoms with van der Waals surface area (Å²) < 4.78 is 5.67. The van der Waals surface area contributed by atoms with Gasteiger partial charge >= 0.3 is 0 Å². The molecule has 0 spiro atoms. The standard InChI is InChI=1S/C14H31NO/c1-13(2,3)10-9-11(15-7)12(16-8)14(4,5)6/h11-12,15H,9-10H2,1-8H3. The highest BCUT2D eigenvalue weighted by Gasteiger charge is 2.31. The molecule has 2 unspecified atom stereocenters. The van der Waals surface area contributed by atoms with Crippen molar-refractivity contribution in [3.8, 4) is 0 Å². The van der Waals surface area contributed by atoms with Crippen LogP contribution in [0.1, 0.15) is 54.4 Å². The van der Waals surface area contributed by atoms with E-state index in [2.05, 4.69) is 46.9 Å². The van der Waals surface area contributed by atoms with Crippen LogP contribution < -0.4 is 5.32 Å². The van der Waals surface area contributed by atoms with E-state index in [1.165, 1.54) is 6.42 Å². The molecule has 0 radical (unpaired) electrons. The second kappa shape index (κ2) is 6.02. The molecule has 0 aromatic carbocycles. The van der Waals surface area contributed by atoms with E-state index in [0.717, 1.165) is 6.42 Å². The van der Waals surface area contributed by atoms with Crippen LogP contribution in [-0.2, 0) is 4.74 Å². The van der Waals surface area contributed by atoms with Crippen molar-refractivity contribution >= 4 is 0 Å². The highest BCUT2D eigenvalue weighted by molar-refractivity contribution is 4.86. The molecule has 2 atom stereocenters. The summed E-state index contributed by atoms with van der Waals surface area (Å²) in [6.07, 6.45) is 2.64. The maximum absolute atomic E-state index is 5.67. The fourth-order valence-corrected chi connectivity index (χ4v) is 2.16. The molecule has 0 fully saturated rings. The summed E-state index contributed by atoms with van der Waals surface area (Å²) in [5.74, 6) is 0. The van der Waals surface area contributed by atoms with E-state index in [0.29, 0.717) is 11.5 Å². The van der Waals surface area contributed by atoms with Gasteiger partial charge in [0.05, 0.1) is 6.10 Å². The number of methoxy groups -OCH3 is 1. The first-order valence-electron chi connectivity index (χ1n) is 6.32. The van der Waals surface area contributed by atoms with E-state index < -0.39 is 0 Å². The molecule has 16 heavy (non-hydrogen) atoms. The molecular weight excluding hydrogens is 198 g/mol. The normalized spacial score (nSPS) is 17.2. The van der Waals surface area contributed by atoms with Crippen molar-refractivity contribution in [2.45, 2.75) is 66.5 Å². The predicted molar refractivity (Wildman–Crippen MR) is 71.8 cm³/mol. The summed E-state index contributed by atoms with van der Waals surface area (Å²) in [7, 11) is 3.85. The second-order valence-corrected chi connectivity index (χ2v) is 7.02. The fourth-order valence-electron chi connectivity index (χ4n) is 2.16. The largest absolute Gasteiger partial charge is 0.379 e. The first-order chi connectivity index (χ1) is 7.11. The fraction of sp³-hybridized carbons (Fsp3) is 1.00. The van der Waals surface area contributed by atoms with E-state index in [4.69, 9.17) is 4.74 Å². The van der Waals surface area contributed by atoms with Gasteiger partial charge in [0.15, 0.2) is 0 Å². The monoisotopic (exact) mass is 229 g/mol. The molecule has 0 aliphatic rings. The average molecular weight is 229 g/mol. The molecule has 0 saturated heterocycles. The summed E-state index contributed by atoms with van der Waals surface area (Å²) >= 11 is 0. The molecule has 0 aromatic rings. The zero-order chi connectivity index (χ0) is 13.0. The van der Waals surface area contributed by atoms with Gasteiger partial charge in [0.2, 0.25) is 0 Å². The van der Waals surface area contributed by atoms with Crippen LogP contribution in [0.3, 0.4) is 0 Å². The minimum Gasteiger partial charge on any atom is -0.379 e. The van der Waals surface area contributed by atoms with Crippen molar-refractivity contribution < 1.29 is 4.74 Å². The van der Waals surface area contributed by atoms with Crippen molar-refractivity contribution in [3.63, 3.8) is 0 Å². The number of hydrogen-bond acceptors (Lipinski definition) is 2. The zero-order valence-electron chi connectivity index (χ0n) is 12.5. The van der Waals surface area contributed by atoms with Gasteiger partial charge < -0.3 is 10.1 Å². The third kappa shape index (κ3) is 5.86. The Bertz CT molecular complexity index is 188. The molecule has 0 aromatic heterocycles. The molecule has 98 valence electrons. The Hall–Kier alpha value is -0.0800. The molecule has 2 heteroatoms. The van der Waals surface area contributed by atoms with Crippen molar-refractivity contribution in [1.29, 1.82) is 0 Å². The molecule has 0 amide bonds. The van der Waals surface area contributed by atoms with Crippen LogP contribution in [-0.4, -0.2) is 26.3 Å². The van der Waals surface area contributed by atoms with Gasteiger partial charge in [-0.25, -0.2) is 0 Å². The van der Waals surface area contributed by atoms with Gasteiger partial charge in [-0.15, -0.1) is 0 Å². The second-order valence-electron chi connectivity index (χ2n) is 7.02. The van der Waals surface area contributed by atoms with Gasteiger partial charge in [0.25, 0.3) is 0 Å². The maximum atomic E-state index is 5.67. The Balaban J connectivity index is 4.46. The molecule has 0 heterocycles. The Labute approximate surface area is 102 Å². The molecule has 0 rings (SSSR count). The quantitative estimate of drug-likeness (QED) is 0.779. The predicted octanol–water partition coefficient (Wildman–Crippen LogP) is 3.46. The lowest BCUT2D eigenvalue weighted by molar-refractivity contribution is -0.0135. The topological polar surface area (TPSA) is 21.3 Å². The number of nitrogens with one attached hydrogen (secondary N) is 1. The molecule has 0 aliphatic carbocycles. The molecule has 2 nitrogen and oxygen atoms in total. The highest BCUT2D eigenvalue weighted by Crippen LogP contribution is 2.29. The highest BCUT2D eigenvalue weighted by atomic mass is 16.5. The lowest BCUT2D eigenvalue weighted by atomic mass is 9.80. The maximum Gasteiger partial charge on any atom is 0.0772 e. The summed E-state index contributed by atoms with van der Waals surface area (Å²) in [4.78, 5) is 0. The van der Waals surface area contributed by atoms with Crippen molar-refractivity contribution in [2.24, 2.45) is 10.8 Å². The lowest BCUT2D eigenvalue weighted by Gasteiger charge is -2.37. The van der Waals surface area contributed by atoms with Gasteiger partial charge in [-0.1, -0.05) is 41.5 Å². The summed E-state index contributed by atoms with van der Waals surface area (Å²) in [6.45, 7) is 13.6. The molecule has 0 bridgehead atoms. The van der Waals surface area contributed by atoms with E-state index in [1.54, 1.807) is 0 Å². The van der Waals surface area contributed by atoms with E-state index >= 15 is 0 Å². The number of ether oxygens (including phenoxy) is 1. The van der Waals surface area contributed by atoms with E-state index in [9.17, 15) is 0 Å². The van der Waals surface area contributed by atoms with Crippen LogP contribution >= 0.6 is 0 Å². The third-order valence-corrected chi connectivity index (χ3v) is 3.05. The van der Waals surface area contributed by atoms with E-state index in [-0.39, 0.29) is 11.5 Å². The Morgan fingerprint density at radius 3 is 1.81 bits per heavy atom. The number of likely N-dealkylation sites (N-methyl/N-ethyl adjacent to an activating group) is 1. The zero-order valence-corrected chi connectivity index (χ0v) is 12.5. The van der Waals surface area contributed by atoms with Gasteiger partial charge in [0, 0.05) is 13.2 Å². The number of hydrogen-bond donors (Lipinski definition) is 1. The van der Waals surface area contributed by atoms with Crippen LogP contribution in [0.5, 0.6) is 0 Å². The summed E-state index contributed by atoms with van der Waals surface area (Å²) in [5.41, 5.74) is 0.575. The van der Waals surface area contributed by atoms with Gasteiger partial charge in [-0.2, -0.15) is 0 Å². The smallest absolute Gasteiger partial charge is 0.0772 e. The minimum absolute atomic E-state index is 0.181. The molecule has 0 aliphatic heterocycles. The van der Waals surface area contributed by atoms with Gasteiger partial charge in [-0.05, 0) is 30.7 Å². The third-order valence-electron chi connectivity index (χ3n) is 3.05. The van der Waals surface area contributed by atoms with Crippen LogP contribution in [0.15, 0.2) is 0 Å². The lowest BCUT2D eigenvalue weighted by Crippen LogP contribution is -2.46. The van der Waals surface area contributed by atoms with Crippen molar-refractivity contribution in [1.82, 2.24) is 5.32 Å². The van der Waals surface area contributed by atoms with Crippen LogP contribution in [0.2, 0.25) is 0 Å². The Morgan fingerprint density at radius 1 is 1.06 bits per heavy atom. The van der Waals surface area contributed by atoms with Crippen LogP contribution in [0.25, 0.3) is 0 Å². The first-order valence-corrected chi connectivity index (χ1v) is 6.32. The summed E-state index contributed by atoms with van der Waals surface area (Å²) in [6, 6.07) is 0.434. The van der Waals surface area contributed by atoms with E-state index in [1.807, 2.05) is 14.2 Å². The minimum atomic E-state index is 0.181. The van der Waals surface area contributed by atoms with Gasteiger partial charge in [0.1, 0.15) is 0 Å². The Kier molecular flexibility index (Phi) is 5.99. The summed E-state index contributed by atoms with van der Waals surface area (Å²) in [5, 5.41) is 3.41. The Morgan fingerprint density at radius 2 is 1.56 bits per heavy atom. The van der Waals surface area contributed by atoms with Crippen LogP contribution in [0, 0.1) is 10.8 Å². The SMILES string of the molecule is CNC(CCC(C)(C)C)C(OC)C(C)(C)C. The average Bonchev–Trinajstić information content (AvgIpc) is 2.08. The number of rotatable bonds is 5. The molecular formula is C14H31NO. The van der Waals surface area contributed by atoms with Crippen molar-refractivity contribution in [3.05, 3.63) is 0 Å². The van der Waals surface area contributed by atoms with Crippen molar-refractivity contribution in [2.75, 3.05) is 14.2 Å². The molecule has 1 N–H and O–H groups in total. The van der Waals surface area contributed by atoms with Gasteiger partial charge in [-0.3, -0.25) is 0 Å². The first kappa shape index (κ1) is 15.9.